The Labute approximate surface area is 412 Å². The molecule has 0 saturated carbocycles. The number of esters is 3. The average Bonchev–Trinajstić information content (AvgIpc) is 3.31. The van der Waals surface area contributed by atoms with Gasteiger partial charge in [-0.05, 0) is 19.3 Å². The molecule has 1 unspecified atom stereocenters. The third kappa shape index (κ3) is 53.4. The van der Waals surface area contributed by atoms with Crippen LogP contribution in [0.25, 0.3) is 0 Å². The van der Waals surface area contributed by atoms with E-state index in [0.29, 0.717) is 19.3 Å². The summed E-state index contributed by atoms with van der Waals surface area (Å²) < 4.78 is 16.9. The molecule has 0 aliphatic rings. The minimum Gasteiger partial charge on any atom is -0.462 e. The minimum atomic E-state index is -0.760. The lowest BCUT2D eigenvalue weighted by atomic mass is 10.0. The lowest BCUT2D eigenvalue weighted by Crippen LogP contribution is -2.30. The van der Waals surface area contributed by atoms with Crippen molar-refractivity contribution in [2.24, 2.45) is 0 Å². The fourth-order valence-electron chi connectivity index (χ4n) is 9.33. The number of unbranched alkanes of at least 4 members (excludes halogenated alkanes) is 45. The molecule has 0 spiro atoms. The highest BCUT2D eigenvalue weighted by Crippen LogP contribution is 2.18. The molecule has 0 N–H and O–H groups in total. The molecule has 0 rings (SSSR count). The van der Waals surface area contributed by atoms with Crippen LogP contribution in [0.3, 0.4) is 0 Å². The van der Waals surface area contributed by atoms with Crippen molar-refractivity contribution in [3.63, 3.8) is 0 Å². The van der Waals surface area contributed by atoms with Crippen LogP contribution in [0.2, 0.25) is 0 Å². The number of carbonyl (C=O) groups excluding carboxylic acids is 3. The van der Waals surface area contributed by atoms with Crippen molar-refractivity contribution in [1.29, 1.82) is 0 Å². The summed E-state index contributed by atoms with van der Waals surface area (Å²) >= 11 is 0. The van der Waals surface area contributed by atoms with Crippen molar-refractivity contribution in [3.05, 3.63) is 0 Å². The van der Waals surface area contributed by atoms with Crippen molar-refractivity contribution in [2.75, 3.05) is 13.2 Å². The van der Waals surface area contributed by atoms with E-state index in [-0.39, 0.29) is 31.1 Å². The second-order valence-corrected chi connectivity index (χ2v) is 20.6. The van der Waals surface area contributed by atoms with Crippen LogP contribution in [-0.2, 0) is 28.6 Å². The molecule has 0 heterocycles. The molecule has 0 aromatic carbocycles. The van der Waals surface area contributed by atoms with Crippen LogP contribution in [-0.4, -0.2) is 37.2 Å². The van der Waals surface area contributed by atoms with Crippen LogP contribution in [0, 0.1) is 0 Å². The first-order chi connectivity index (χ1) is 32.5. The van der Waals surface area contributed by atoms with Gasteiger partial charge >= 0.3 is 17.9 Å². The predicted molar refractivity (Wildman–Crippen MR) is 284 cm³/mol. The fraction of sp³-hybridized carbons (Fsp3) is 0.950. The molecule has 0 fully saturated rings. The smallest absolute Gasteiger partial charge is 0.306 e. The molecule has 0 radical (unpaired) electrons. The highest BCUT2D eigenvalue weighted by atomic mass is 16.6. The second kappa shape index (κ2) is 56.0. The van der Waals surface area contributed by atoms with Gasteiger partial charge in [0.25, 0.3) is 0 Å². The maximum absolute atomic E-state index is 12.8. The zero-order chi connectivity index (χ0) is 47.9. The van der Waals surface area contributed by atoms with Crippen LogP contribution in [0.15, 0.2) is 0 Å². The summed E-state index contributed by atoms with van der Waals surface area (Å²) in [5, 5.41) is 0. The molecule has 0 aliphatic carbocycles. The molecule has 0 bridgehead atoms. The second-order valence-electron chi connectivity index (χ2n) is 20.6. The number of rotatable bonds is 56. The summed E-state index contributed by atoms with van der Waals surface area (Å²) in [5.41, 5.74) is 0. The van der Waals surface area contributed by atoms with E-state index in [2.05, 4.69) is 20.8 Å². The molecule has 66 heavy (non-hydrogen) atoms. The van der Waals surface area contributed by atoms with E-state index in [1.165, 1.54) is 250 Å². The van der Waals surface area contributed by atoms with Gasteiger partial charge in [0.2, 0.25) is 0 Å². The molecule has 0 amide bonds. The number of carbonyl (C=O) groups is 3. The van der Waals surface area contributed by atoms with Crippen LogP contribution in [0.5, 0.6) is 0 Å². The van der Waals surface area contributed by atoms with E-state index in [9.17, 15) is 14.4 Å². The van der Waals surface area contributed by atoms with E-state index in [0.717, 1.165) is 57.8 Å². The zero-order valence-corrected chi connectivity index (χ0v) is 45.0. The Hall–Kier alpha value is -1.59. The summed E-state index contributed by atoms with van der Waals surface area (Å²) in [7, 11) is 0. The highest BCUT2D eigenvalue weighted by molar-refractivity contribution is 5.71. The largest absolute Gasteiger partial charge is 0.462 e. The van der Waals surface area contributed by atoms with Gasteiger partial charge in [0.05, 0.1) is 0 Å². The van der Waals surface area contributed by atoms with Crippen molar-refractivity contribution in [1.82, 2.24) is 0 Å². The van der Waals surface area contributed by atoms with Gasteiger partial charge in [-0.25, -0.2) is 0 Å². The standard InChI is InChI=1S/C60H116O6/c1-4-7-10-13-16-19-22-25-26-27-28-29-30-31-32-33-34-35-36-39-41-44-47-50-53-59(62)65-56-57(66-60(63)54-51-48-45-42-38-24-21-18-15-12-9-6-3)55-64-58(61)52-49-46-43-40-37-23-20-17-14-11-8-5-2/h57H,4-56H2,1-3H3. The van der Waals surface area contributed by atoms with E-state index < -0.39 is 6.10 Å². The van der Waals surface area contributed by atoms with Crippen LogP contribution in [0.1, 0.15) is 348 Å². The van der Waals surface area contributed by atoms with Crippen molar-refractivity contribution >= 4 is 17.9 Å². The van der Waals surface area contributed by atoms with Gasteiger partial charge in [-0.15, -0.1) is 0 Å². The molecule has 6 heteroatoms. The van der Waals surface area contributed by atoms with Gasteiger partial charge in [-0.3, -0.25) is 14.4 Å². The van der Waals surface area contributed by atoms with Crippen LogP contribution < -0.4 is 0 Å². The maximum Gasteiger partial charge on any atom is 0.306 e. The number of ether oxygens (including phenoxy) is 3. The average molecular weight is 934 g/mol. The Balaban J connectivity index is 4.14. The first kappa shape index (κ1) is 64.4. The fourth-order valence-corrected chi connectivity index (χ4v) is 9.33. The summed E-state index contributed by atoms with van der Waals surface area (Å²) in [5.74, 6) is -0.834. The third-order valence-electron chi connectivity index (χ3n) is 13.9. The topological polar surface area (TPSA) is 78.9 Å². The number of hydrogen-bond donors (Lipinski definition) is 0. The van der Waals surface area contributed by atoms with E-state index in [1.54, 1.807) is 0 Å². The van der Waals surface area contributed by atoms with Gasteiger partial charge in [-0.2, -0.15) is 0 Å². The molecule has 1 atom stereocenters. The first-order valence-electron chi connectivity index (χ1n) is 30.0. The monoisotopic (exact) mass is 933 g/mol. The minimum absolute atomic E-state index is 0.0612. The third-order valence-corrected chi connectivity index (χ3v) is 13.9. The van der Waals surface area contributed by atoms with E-state index in [1.807, 2.05) is 0 Å². The predicted octanol–water partition coefficient (Wildman–Crippen LogP) is 19.9. The van der Waals surface area contributed by atoms with Crippen molar-refractivity contribution in [2.45, 2.75) is 354 Å². The zero-order valence-electron chi connectivity index (χ0n) is 45.0. The molecule has 0 saturated heterocycles. The Morgan fingerprint density at radius 3 is 0.606 bits per heavy atom. The highest BCUT2D eigenvalue weighted by Gasteiger charge is 2.19. The van der Waals surface area contributed by atoms with Gasteiger partial charge < -0.3 is 14.2 Å². The molecule has 0 aromatic heterocycles. The molecular formula is C60H116O6. The normalized spacial score (nSPS) is 11.9. The Bertz CT molecular complexity index is 982. The molecule has 0 aliphatic heterocycles. The summed E-state index contributed by atoms with van der Waals surface area (Å²) in [4.78, 5) is 38.1. The first-order valence-corrected chi connectivity index (χ1v) is 30.0. The van der Waals surface area contributed by atoms with Gasteiger partial charge in [-0.1, -0.05) is 310 Å². The molecule has 6 nitrogen and oxygen atoms in total. The molecule has 0 aromatic rings. The summed E-state index contributed by atoms with van der Waals surface area (Å²) in [6, 6.07) is 0. The lowest BCUT2D eigenvalue weighted by molar-refractivity contribution is -0.167. The van der Waals surface area contributed by atoms with Crippen LogP contribution >= 0.6 is 0 Å². The Kier molecular flexibility index (Phi) is 54.7. The summed E-state index contributed by atoms with van der Waals surface area (Å²) in [6.45, 7) is 6.70. The Morgan fingerprint density at radius 2 is 0.409 bits per heavy atom. The quantitative estimate of drug-likeness (QED) is 0.0343. The summed E-state index contributed by atoms with van der Waals surface area (Å²) in [6.07, 6.45) is 62.5. The Morgan fingerprint density at radius 1 is 0.242 bits per heavy atom. The number of hydrogen-bond acceptors (Lipinski definition) is 6. The molecular weight excluding hydrogens is 817 g/mol. The maximum atomic E-state index is 12.8. The van der Waals surface area contributed by atoms with Crippen molar-refractivity contribution < 1.29 is 28.6 Å². The van der Waals surface area contributed by atoms with E-state index in [4.69, 9.17) is 14.2 Å². The van der Waals surface area contributed by atoms with Gasteiger partial charge in [0.15, 0.2) is 6.10 Å². The van der Waals surface area contributed by atoms with Gasteiger partial charge in [0.1, 0.15) is 13.2 Å². The van der Waals surface area contributed by atoms with Gasteiger partial charge in [0, 0.05) is 19.3 Å². The van der Waals surface area contributed by atoms with Crippen molar-refractivity contribution in [3.8, 4) is 0 Å². The molecule has 392 valence electrons. The lowest BCUT2D eigenvalue weighted by Gasteiger charge is -2.18. The SMILES string of the molecule is CCCCCCCCCCCCCCCCCCCCCCCCCCC(=O)OCC(COC(=O)CCCCCCCCCCCCCC)OC(=O)CCCCCCCCCCCCCC. The van der Waals surface area contributed by atoms with E-state index >= 15 is 0 Å². The van der Waals surface area contributed by atoms with Crippen LogP contribution in [0.4, 0.5) is 0 Å².